The van der Waals surface area contributed by atoms with E-state index in [0.717, 1.165) is 36.5 Å². The van der Waals surface area contributed by atoms with Gasteiger partial charge in [0.2, 0.25) is 5.56 Å². The molecule has 1 amide bonds. The largest absolute Gasteiger partial charge is 0.348 e. The van der Waals surface area contributed by atoms with Crippen LogP contribution < -0.4 is 10.9 Å². The first-order valence-electron chi connectivity index (χ1n) is 8.48. The molecule has 1 aliphatic rings. The second kappa shape index (κ2) is 7.23. The minimum absolute atomic E-state index is 0.0996. The number of H-pyrrole nitrogens is 1. The number of nitrogens with one attached hydrogen (secondary N) is 2. The second-order valence-corrected chi connectivity index (χ2v) is 7.99. The number of pyridine rings is 1. The first kappa shape index (κ1) is 17.3. The number of hydrogen-bond donors (Lipinski definition) is 2. The van der Waals surface area contributed by atoms with Crippen LogP contribution >= 0.6 is 22.9 Å². The average Bonchev–Trinajstić information content (AvgIpc) is 3.21. The summed E-state index contributed by atoms with van der Waals surface area (Å²) in [4.78, 5) is 29.4. The van der Waals surface area contributed by atoms with Gasteiger partial charge in [-0.05, 0) is 18.6 Å². The molecule has 7 heteroatoms. The van der Waals surface area contributed by atoms with E-state index in [2.05, 4.69) is 27.3 Å². The monoisotopic (exact) mass is 387 g/mol. The quantitative estimate of drug-likeness (QED) is 0.722. The fourth-order valence-electron chi connectivity index (χ4n) is 3.28. The third kappa shape index (κ3) is 3.53. The molecule has 5 nitrogen and oxygen atoms in total. The number of amides is 1. The van der Waals surface area contributed by atoms with Gasteiger partial charge in [-0.25, -0.2) is 0 Å². The molecule has 2 N–H and O–H groups in total. The summed E-state index contributed by atoms with van der Waals surface area (Å²) in [5.74, 6) is -0.159. The molecule has 26 heavy (non-hydrogen) atoms. The maximum atomic E-state index is 12.3. The Hall–Kier alpha value is -2.15. The van der Waals surface area contributed by atoms with E-state index in [1.54, 1.807) is 11.3 Å². The number of thiophene rings is 1. The molecule has 0 aliphatic carbocycles. The molecule has 1 saturated heterocycles. The van der Waals surface area contributed by atoms with Gasteiger partial charge < -0.3 is 10.3 Å². The van der Waals surface area contributed by atoms with Crippen LogP contribution in [0.5, 0.6) is 0 Å². The van der Waals surface area contributed by atoms with Crippen LogP contribution in [-0.4, -0.2) is 34.9 Å². The number of likely N-dealkylation sites (tertiary alicyclic amines) is 1. The van der Waals surface area contributed by atoms with Gasteiger partial charge in [-0.1, -0.05) is 29.8 Å². The van der Waals surface area contributed by atoms with Gasteiger partial charge in [0, 0.05) is 52.9 Å². The third-order valence-corrected chi connectivity index (χ3v) is 6.32. The number of hydrogen-bond acceptors (Lipinski definition) is 4. The van der Waals surface area contributed by atoms with Crippen molar-refractivity contribution in [3.63, 3.8) is 0 Å². The lowest BCUT2D eigenvalue weighted by Gasteiger charge is -2.16. The highest BCUT2D eigenvalue weighted by Gasteiger charge is 2.25. The lowest BCUT2D eigenvalue weighted by atomic mass is 10.2. The Morgan fingerprint density at radius 1 is 1.31 bits per heavy atom. The maximum absolute atomic E-state index is 12.3. The van der Waals surface area contributed by atoms with Crippen LogP contribution in [0.2, 0.25) is 5.02 Å². The van der Waals surface area contributed by atoms with E-state index in [-0.39, 0.29) is 17.5 Å². The third-order valence-electron chi connectivity index (χ3n) is 4.62. The minimum atomic E-state index is -0.214. The summed E-state index contributed by atoms with van der Waals surface area (Å²) in [5.41, 5.74) is 0.254. The summed E-state index contributed by atoms with van der Waals surface area (Å²) in [5, 5.41) is 4.99. The van der Waals surface area contributed by atoms with E-state index in [0.29, 0.717) is 5.56 Å². The molecule has 134 valence electrons. The number of aromatic amines is 1. The summed E-state index contributed by atoms with van der Waals surface area (Å²) < 4.78 is 1.20. The van der Waals surface area contributed by atoms with E-state index in [4.69, 9.17) is 11.6 Å². The molecule has 1 atom stereocenters. The highest BCUT2D eigenvalue weighted by molar-refractivity contribution is 7.19. The summed E-state index contributed by atoms with van der Waals surface area (Å²) >= 11 is 8.26. The van der Waals surface area contributed by atoms with Crippen molar-refractivity contribution in [1.82, 2.24) is 15.2 Å². The molecular weight excluding hydrogens is 370 g/mol. The number of aromatic nitrogens is 1. The van der Waals surface area contributed by atoms with Crippen molar-refractivity contribution in [2.75, 3.05) is 13.1 Å². The Morgan fingerprint density at radius 2 is 2.15 bits per heavy atom. The number of fused-ring (bicyclic) bond motifs is 1. The number of halogens is 1. The van der Waals surface area contributed by atoms with Crippen molar-refractivity contribution < 1.29 is 4.79 Å². The normalized spacial score (nSPS) is 17.7. The van der Waals surface area contributed by atoms with Gasteiger partial charge in [0.05, 0.1) is 10.6 Å². The van der Waals surface area contributed by atoms with Crippen molar-refractivity contribution in [1.29, 1.82) is 0 Å². The Bertz CT molecular complexity index is 993. The van der Waals surface area contributed by atoms with Crippen molar-refractivity contribution in [2.45, 2.75) is 19.0 Å². The smallest absolute Gasteiger partial charge is 0.253 e. The SMILES string of the molecule is O=C(NC1CCN(Cc2sc3ccccc3c2Cl)C1)c1ccc(=O)[nH]c1. The molecule has 2 aromatic heterocycles. The zero-order valence-corrected chi connectivity index (χ0v) is 15.6. The van der Waals surface area contributed by atoms with E-state index >= 15 is 0 Å². The Morgan fingerprint density at radius 3 is 2.92 bits per heavy atom. The summed E-state index contributed by atoms with van der Waals surface area (Å²) in [6, 6.07) is 11.2. The summed E-state index contributed by atoms with van der Waals surface area (Å²) in [6.07, 6.45) is 2.35. The Balaban J connectivity index is 1.39. The molecule has 0 radical (unpaired) electrons. The molecule has 1 fully saturated rings. The van der Waals surface area contributed by atoms with Gasteiger partial charge >= 0.3 is 0 Å². The fraction of sp³-hybridized carbons (Fsp3) is 0.263. The lowest BCUT2D eigenvalue weighted by Crippen LogP contribution is -2.37. The number of nitrogens with zero attached hydrogens (tertiary/aromatic N) is 1. The number of carbonyl (C=O) groups is 1. The first-order chi connectivity index (χ1) is 12.6. The van der Waals surface area contributed by atoms with Crippen LogP contribution in [0, 0.1) is 0 Å². The van der Waals surface area contributed by atoms with Crippen molar-refractivity contribution in [3.8, 4) is 0 Å². The van der Waals surface area contributed by atoms with E-state index < -0.39 is 0 Å². The lowest BCUT2D eigenvalue weighted by molar-refractivity contribution is 0.0937. The highest BCUT2D eigenvalue weighted by atomic mass is 35.5. The molecule has 4 rings (SSSR count). The molecular formula is C19H18ClN3O2S. The van der Waals surface area contributed by atoms with Gasteiger partial charge in [-0.3, -0.25) is 14.5 Å². The van der Waals surface area contributed by atoms with Gasteiger partial charge in [-0.2, -0.15) is 0 Å². The van der Waals surface area contributed by atoms with Crippen LogP contribution in [-0.2, 0) is 6.54 Å². The zero-order valence-electron chi connectivity index (χ0n) is 14.0. The predicted octanol–water partition coefficient (Wildman–Crippen LogP) is 3.25. The van der Waals surface area contributed by atoms with E-state index in [9.17, 15) is 9.59 Å². The van der Waals surface area contributed by atoms with Gasteiger partial charge in [0.1, 0.15) is 0 Å². The number of rotatable bonds is 4. The average molecular weight is 388 g/mol. The predicted molar refractivity (Wildman–Crippen MR) is 105 cm³/mol. The standard InChI is InChI=1S/C19H18ClN3O2S/c20-18-14-3-1-2-4-15(14)26-16(18)11-23-8-7-13(10-23)22-19(25)12-5-6-17(24)21-9-12/h1-6,9,13H,7-8,10-11H2,(H,21,24)(H,22,25). The molecule has 1 unspecified atom stereocenters. The van der Waals surface area contributed by atoms with Crippen LogP contribution in [0.4, 0.5) is 0 Å². The number of carbonyl (C=O) groups excluding carboxylic acids is 1. The van der Waals surface area contributed by atoms with Crippen LogP contribution in [0.15, 0.2) is 47.4 Å². The molecule has 3 heterocycles. The van der Waals surface area contributed by atoms with Gasteiger partial charge in [-0.15, -0.1) is 11.3 Å². The van der Waals surface area contributed by atoms with Gasteiger partial charge in [0.25, 0.3) is 5.91 Å². The molecule has 3 aromatic rings. The fourth-order valence-corrected chi connectivity index (χ4v) is 4.82. The topological polar surface area (TPSA) is 65.2 Å². The zero-order chi connectivity index (χ0) is 18.1. The van der Waals surface area contributed by atoms with E-state index in [1.165, 1.54) is 27.9 Å². The van der Waals surface area contributed by atoms with Gasteiger partial charge in [0.15, 0.2) is 0 Å². The summed E-state index contributed by atoms with van der Waals surface area (Å²) in [7, 11) is 0. The van der Waals surface area contributed by atoms with Crippen LogP contribution in [0.25, 0.3) is 10.1 Å². The number of benzene rings is 1. The second-order valence-electron chi connectivity index (χ2n) is 6.47. The molecule has 0 spiro atoms. The van der Waals surface area contributed by atoms with Crippen molar-refractivity contribution >= 4 is 38.9 Å². The van der Waals surface area contributed by atoms with Crippen LogP contribution in [0.1, 0.15) is 21.7 Å². The minimum Gasteiger partial charge on any atom is -0.348 e. The highest BCUT2D eigenvalue weighted by Crippen LogP contribution is 2.36. The molecule has 0 bridgehead atoms. The Labute approximate surface area is 159 Å². The molecule has 1 aromatic carbocycles. The first-order valence-corrected chi connectivity index (χ1v) is 9.67. The summed E-state index contributed by atoms with van der Waals surface area (Å²) in [6.45, 7) is 2.50. The Kier molecular flexibility index (Phi) is 4.80. The van der Waals surface area contributed by atoms with Crippen molar-refractivity contribution in [3.05, 3.63) is 68.4 Å². The van der Waals surface area contributed by atoms with E-state index in [1.807, 2.05) is 12.1 Å². The molecule has 0 saturated carbocycles. The maximum Gasteiger partial charge on any atom is 0.253 e. The van der Waals surface area contributed by atoms with Crippen molar-refractivity contribution in [2.24, 2.45) is 0 Å². The molecule has 1 aliphatic heterocycles. The van der Waals surface area contributed by atoms with Crippen LogP contribution in [0.3, 0.4) is 0 Å².